The monoisotopic (exact) mass is 233 g/mol. The molecule has 2 aliphatic rings. The number of hydrogen-bond donors (Lipinski definition) is 1. The van der Waals surface area contributed by atoms with Crippen LogP contribution in [0.5, 0.6) is 11.5 Å². The summed E-state index contributed by atoms with van der Waals surface area (Å²) in [5.74, 6) is 1.77. The summed E-state index contributed by atoms with van der Waals surface area (Å²) < 4.78 is 11.4. The Morgan fingerprint density at radius 1 is 1.35 bits per heavy atom. The van der Waals surface area contributed by atoms with Crippen molar-refractivity contribution in [3.8, 4) is 11.5 Å². The van der Waals surface area contributed by atoms with E-state index in [-0.39, 0.29) is 5.41 Å². The van der Waals surface area contributed by atoms with Crippen LogP contribution in [0.1, 0.15) is 31.2 Å². The summed E-state index contributed by atoms with van der Waals surface area (Å²) in [6.07, 6.45) is 5.04. The van der Waals surface area contributed by atoms with E-state index in [1.54, 1.807) is 7.11 Å². The Bertz CT molecular complexity index is 422. The average Bonchev–Trinajstić information content (AvgIpc) is 3.24. The summed E-state index contributed by atoms with van der Waals surface area (Å²) >= 11 is 0. The van der Waals surface area contributed by atoms with Crippen molar-refractivity contribution in [1.29, 1.82) is 0 Å². The Balaban J connectivity index is 2.00. The molecule has 0 heterocycles. The van der Waals surface area contributed by atoms with Gasteiger partial charge >= 0.3 is 0 Å². The second kappa shape index (κ2) is 3.91. The van der Waals surface area contributed by atoms with E-state index in [4.69, 9.17) is 15.2 Å². The molecule has 2 N–H and O–H groups in total. The van der Waals surface area contributed by atoms with Crippen molar-refractivity contribution >= 4 is 0 Å². The number of rotatable bonds is 5. The largest absolute Gasteiger partial charge is 0.493 e. The number of para-hydroxylation sites is 1. The number of benzene rings is 1. The van der Waals surface area contributed by atoms with E-state index in [2.05, 4.69) is 6.07 Å². The lowest BCUT2D eigenvalue weighted by molar-refractivity contribution is 0.276. The van der Waals surface area contributed by atoms with Gasteiger partial charge in [0.25, 0.3) is 0 Å². The SMILES string of the molecule is COc1cccc(C2(CN)CC2)c1OC1CC1. The highest BCUT2D eigenvalue weighted by Gasteiger charge is 2.46. The Labute approximate surface area is 102 Å². The van der Waals surface area contributed by atoms with Gasteiger partial charge in [-0.05, 0) is 31.7 Å². The fraction of sp³-hybridized carbons (Fsp3) is 0.571. The molecule has 3 rings (SSSR count). The summed E-state index contributed by atoms with van der Waals surface area (Å²) in [5, 5.41) is 0. The number of hydrogen-bond acceptors (Lipinski definition) is 3. The molecule has 0 atom stereocenters. The van der Waals surface area contributed by atoms with Gasteiger partial charge in [-0.25, -0.2) is 0 Å². The van der Waals surface area contributed by atoms with Crippen LogP contribution in [-0.4, -0.2) is 19.8 Å². The van der Waals surface area contributed by atoms with Crippen molar-refractivity contribution in [2.75, 3.05) is 13.7 Å². The van der Waals surface area contributed by atoms with Crippen LogP contribution >= 0.6 is 0 Å². The summed E-state index contributed by atoms with van der Waals surface area (Å²) in [7, 11) is 1.70. The normalized spacial score (nSPS) is 21.1. The molecule has 0 aromatic heterocycles. The molecule has 0 bridgehead atoms. The molecule has 0 amide bonds. The Hall–Kier alpha value is -1.22. The van der Waals surface area contributed by atoms with Gasteiger partial charge < -0.3 is 15.2 Å². The third-order valence-corrected chi connectivity index (χ3v) is 3.82. The lowest BCUT2D eigenvalue weighted by Crippen LogP contribution is -2.21. The number of nitrogens with two attached hydrogens (primary N) is 1. The molecular formula is C14H19NO2. The van der Waals surface area contributed by atoms with Gasteiger partial charge in [-0.1, -0.05) is 12.1 Å². The minimum atomic E-state index is 0.152. The third-order valence-electron chi connectivity index (χ3n) is 3.82. The van der Waals surface area contributed by atoms with Gasteiger partial charge in [-0.3, -0.25) is 0 Å². The fourth-order valence-corrected chi connectivity index (χ4v) is 2.30. The first-order valence-corrected chi connectivity index (χ1v) is 6.33. The highest BCUT2D eigenvalue weighted by atomic mass is 16.5. The molecule has 3 nitrogen and oxygen atoms in total. The third kappa shape index (κ3) is 1.89. The quantitative estimate of drug-likeness (QED) is 0.848. The van der Waals surface area contributed by atoms with Crippen LogP contribution in [0.2, 0.25) is 0 Å². The second-order valence-electron chi connectivity index (χ2n) is 5.14. The molecule has 92 valence electrons. The smallest absolute Gasteiger partial charge is 0.165 e. The van der Waals surface area contributed by atoms with Crippen LogP contribution in [0.15, 0.2) is 18.2 Å². The maximum Gasteiger partial charge on any atom is 0.165 e. The highest BCUT2D eigenvalue weighted by molar-refractivity contribution is 5.52. The molecule has 1 aromatic rings. The first-order valence-electron chi connectivity index (χ1n) is 6.33. The number of methoxy groups -OCH3 is 1. The molecule has 0 aliphatic heterocycles. The summed E-state index contributed by atoms with van der Waals surface area (Å²) in [6.45, 7) is 0.696. The van der Waals surface area contributed by atoms with Crippen molar-refractivity contribution in [3.63, 3.8) is 0 Å². The summed E-state index contributed by atoms with van der Waals surface area (Å²) in [5.41, 5.74) is 7.30. The van der Waals surface area contributed by atoms with Gasteiger partial charge in [-0.15, -0.1) is 0 Å². The van der Waals surface area contributed by atoms with Crippen LogP contribution in [0.25, 0.3) is 0 Å². The van der Waals surface area contributed by atoms with Crippen molar-refractivity contribution in [2.45, 2.75) is 37.2 Å². The van der Waals surface area contributed by atoms with Crippen molar-refractivity contribution in [1.82, 2.24) is 0 Å². The zero-order valence-electron chi connectivity index (χ0n) is 10.2. The first-order chi connectivity index (χ1) is 8.29. The number of ether oxygens (including phenoxy) is 2. The van der Waals surface area contributed by atoms with E-state index in [1.807, 2.05) is 12.1 Å². The van der Waals surface area contributed by atoms with Crippen LogP contribution in [0.4, 0.5) is 0 Å². The minimum Gasteiger partial charge on any atom is -0.493 e. The van der Waals surface area contributed by atoms with Crippen molar-refractivity contribution < 1.29 is 9.47 Å². The zero-order valence-corrected chi connectivity index (χ0v) is 10.2. The van der Waals surface area contributed by atoms with Gasteiger partial charge in [0, 0.05) is 17.5 Å². The van der Waals surface area contributed by atoms with Gasteiger partial charge in [0.2, 0.25) is 0 Å². The Morgan fingerprint density at radius 3 is 2.65 bits per heavy atom. The molecule has 0 spiro atoms. The standard InChI is InChI=1S/C14H19NO2/c1-16-12-4-2-3-11(14(9-15)7-8-14)13(12)17-10-5-6-10/h2-4,10H,5-9,15H2,1H3. The van der Waals surface area contributed by atoms with Gasteiger partial charge in [0.1, 0.15) is 0 Å². The molecule has 17 heavy (non-hydrogen) atoms. The molecule has 2 fully saturated rings. The maximum atomic E-state index is 6.03. The Morgan fingerprint density at radius 2 is 2.12 bits per heavy atom. The molecule has 3 heteroatoms. The first kappa shape index (κ1) is 10.9. The van der Waals surface area contributed by atoms with E-state index in [1.165, 1.54) is 5.56 Å². The van der Waals surface area contributed by atoms with E-state index in [0.29, 0.717) is 12.6 Å². The highest BCUT2D eigenvalue weighted by Crippen LogP contribution is 2.53. The van der Waals surface area contributed by atoms with E-state index in [0.717, 1.165) is 37.2 Å². The van der Waals surface area contributed by atoms with Crippen molar-refractivity contribution in [2.24, 2.45) is 5.73 Å². The van der Waals surface area contributed by atoms with Gasteiger partial charge in [0.15, 0.2) is 11.5 Å². The lowest BCUT2D eigenvalue weighted by Gasteiger charge is -2.20. The summed E-state index contributed by atoms with van der Waals surface area (Å²) in [6, 6.07) is 6.14. The van der Waals surface area contributed by atoms with Gasteiger partial charge in [0.05, 0.1) is 13.2 Å². The topological polar surface area (TPSA) is 44.5 Å². The average molecular weight is 233 g/mol. The predicted octanol–water partition coefficient (Wildman–Crippen LogP) is 2.23. The van der Waals surface area contributed by atoms with Crippen molar-refractivity contribution in [3.05, 3.63) is 23.8 Å². The summed E-state index contributed by atoms with van der Waals surface area (Å²) in [4.78, 5) is 0. The van der Waals surface area contributed by atoms with Gasteiger partial charge in [-0.2, -0.15) is 0 Å². The van der Waals surface area contributed by atoms with Crippen LogP contribution in [-0.2, 0) is 5.41 Å². The van der Waals surface area contributed by atoms with Crippen LogP contribution in [0, 0.1) is 0 Å². The lowest BCUT2D eigenvalue weighted by atomic mass is 9.95. The zero-order chi connectivity index (χ0) is 11.9. The molecular weight excluding hydrogens is 214 g/mol. The maximum absolute atomic E-state index is 6.03. The second-order valence-corrected chi connectivity index (χ2v) is 5.14. The van der Waals surface area contributed by atoms with Crippen LogP contribution in [0.3, 0.4) is 0 Å². The molecule has 1 aromatic carbocycles. The Kier molecular flexibility index (Phi) is 2.51. The molecule has 2 aliphatic carbocycles. The predicted molar refractivity (Wildman–Crippen MR) is 66.6 cm³/mol. The molecule has 2 saturated carbocycles. The molecule has 0 saturated heterocycles. The minimum absolute atomic E-state index is 0.152. The van der Waals surface area contributed by atoms with Crippen LogP contribution < -0.4 is 15.2 Å². The molecule has 0 radical (unpaired) electrons. The fourth-order valence-electron chi connectivity index (χ4n) is 2.30. The van der Waals surface area contributed by atoms with E-state index >= 15 is 0 Å². The molecule has 0 unspecified atom stereocenters. The van der Waals surface area contributed by atoms with E-state index in [9.17, 15) is 0 Å². The van der Waals surface area contributed by atoms with E-state index < -0.39 is 0 Å².